The predicted octanol–water partition coefficient (Wildman–Crippen LogP) is 1.25. The van der Waals surface area contributed by atoms with Crippen LogP contribution in [0.2, 0.25) is 0 Å². The second-order valence-electron chi connectivity index (χ2n) is 2.76. The molecule has 74 valence electrons. The van der Waals surface area contributed by atoms with E-state index in [0.29, 0.717) is 12.8 Å². The van der Waals surface area contributed by atoms with Gasteiger partial charge in [0.05, 0.1) is 18.9 Å². The lowest BCUT2D eigenvalue weighted by atomic mass is 9.95. The van der Waals surface area contributed by atoms with Crippen molar-refractivity contribution in [3.05, 3.63) is 0 Å². The molecule has 1 aliphatic carbocycles. The monoisotopic (exact) mass is 175 g/mol. The third-order valence-electron chi connectivity index (χ3n) is 1.98. The molecule has 3 heteroatoms. The van der Waals surface area contributed by atoms with E-state index in [1.807, 2.05) is 13.8 Å². The van der Waals surface area contributed by atoms with Crippen molar-refractivity contribution in [3.8, 4) is 0 Å². The molecule has 0 aliphatic heterocycles. The number of hydrogen-bond acceptors (Lipinski definition) is 3. The minimum Gasteiger partial charge on any atom is -0.393 e. The third kappa shape index (κ3) is 4.70. The van der Waals surface area contributed by atoms with Crippen molar-refractivity contribution < 1.29 is 9.84 Å². The van der Waals surface area contributed by atoms with Crippen molar-refractivity contribution in [3.63, 3.8) is 0 Å². The van der Waals surface area contributed by atoms with Crippen LogP contribution in [0.3, 0.4) is 0 Å². The maximum absolute atomic E-state index is 9.11. The summed E-state index contributed by atoms with van der Waals surface area (Å²) in [4.78, 5) is 0. The van der Waals surface area contributed by atoms with Gasteiger partial charge in [-0.15, -0.1) is 0 Å². The topological polar surface area (TPSA) is 55.5 Å². The van der Waals surface area contributed by atoms with Crippen LogP contribution in [0.4, 0.5) is 0 Å². The van der Waals surface area contributed by atoms with Crippen LogP contribution in [-0.4, -0.2) is 24.0 Å². The Morgan fingerprint density at radius 3 is 2.17 bits per heavy atom. The SMILES string of the molecule is CC.NCOC1CCC(O)CC1. The molecule has 0 aromatic carbocycles. The van der Waals surface area contributed by atoms with Gasteiger partial charge in [0.25, 0.3) is 0 Å². The van der Waals surface area contributed by atoms with Gasteiger partial charge < -0.3 is 15.6 Å². The summed E-state index contributed by atoms with van der Waals surface area (Å²) in [5.74, 6) is 0. The summed E-state index contributed by atoms with van der Waals surface area (Å²) in [6.07, 6.45) is 3.84. The predicted molar refractivity (Wildman–Crippen MR) is 49.8 cm³/mol. The Labute approximate surface area is 74.9 Å². The number of ether oxygens (including phenoxy) is 1. The molecule has 1 fully saturated rings. The van der Waals surface area contributed by atoms with Gasteiger partial charge in [0.15, 0.2) is 0 Å². The van der Waals surface area contributed by atoms with Gasteiger partial charge >= 0.3 is 0 Å². The summed E-state index contributed by atoms with van der Waals surface area (Å²) >= 11 is 0. The normalized spacial score (nSPS) is 29.0. The van der Waals surface area contributed by atoms with Gasteiger partial charge in [0.1, 0.15) is 0 Å². The standard InChI is InChI=1S/C7H15NO2.C2H6/c8-5-10-7-3-1-6(9)2-4-7;1-2/h6-7,9H,1-5,8H2;1-2H3. The molecule has 0 amide bonds. The first kappa shape index (κ1) is 11.9. The fourth-order valence-corrected chi connectivity index (χ4v) is 1.35. The molecule has 3 N–H and O–H groups in total. The van der Waals surface area contributed by atoms with E-state index in [9.17, 15) is 0 Å². The summed E-state index contributed by atoms with van der Waals surface area (Å²) < 4.78 is 5.20. The first-order valence-electron chi connectivity index (χ1n) is 4.82. The van der Waals surface area contributed by atoms with Crippen LogP contribution >= 0.6 is 0 Å². The average molecular weight is 175 g/mol. The first-order valence-corrected chi connectivity index (χ1v) is 4.82. The Bertz CT molecular complexity index is 90.5. The zero-order valence-corrected chi connectivity index (χ0v) is 8.12. The second-order valence-corrected chi connectivity index (χ2v) is 2.76. The summed E-state index contributed by atoms with van der Waals surface area (Å²) in [5, 5.41) is 9.11. The largest absolute Gasteiger partial charge is 0.393 e. The van der Waals surface area contributed by atoms with Gasteiger partial charge in [-0.2, -0.15) is 0 Å². The molecule has 0 heterocycles. The molecule has 0 atom stereocenters. The van der Waals surface area contributed by atoms with Crippen molar-refractivity contribution in [2.75, 3.05) is 6.73 Å². The first-order chi connectivity index (χ1) is 5.83. The van der Waals surface area contributed by atoms with Crippen LogP contribution in [0.1, 0.15) is 39.5 Å². The maximum atomic E-state index is 9.11. The van der Waals surface area contributed by atoms with Gasteiger partial charge in [0, 0.05) is 0 Å². The Balaban J connectivity index is 0.000000561. The van der Waals surface area contributed by atoms with Crippen molar-refractivity contribution in [2.24, 2.45) is 5.73 Å². The lowest BCUT2D eigenvalue weighted by Crippen LogP contribution is -2.26. The van der Waals surface area contributed by atoms with Crippen LogP contribution in [-0.2, 0) is 4.74 Å². The summed E-state index contributed by atoms with van der Waals surface area (Å²) in [7, 11) is 0. The minimum absolute atomic E-state index is 0.0994. The lowest BCUT2D eigenvalue weighted by Gasteiger charge is -2.24. The van der Waals surface area contributed by atoms with E-state index < -0.39 is 0 Å². The maximum Gasteiger partial charge on any atom is 0.0944 e. The van der Waals surface area contributed by atoms with Gasteiger partial charge in [-0.1, -0.05) is 13.8 Å². The molecular weight excluding hydrogens is 154 g/mol. The number of nitrogens with two attached hydrogens (primary N) is 1. The molecule has 1 rings (SSSR count). The second kappa shape index (κ2) is 7.53. The lowest BCUT2D eigenvalue weighted by molar-refractivity contribution is -0.000376. The smallest absolute Gasteiger partial charge is 0.0944 e. The van der Waals surface area contributed by atoms with Crippen molar-refractivity contribution in [1.29, 1.82) is 0 Å². The van der Waals surface area contributed by atoms with Gasteiger partial charge in [-0.05, 0) is 25.7 Å². The number of hydrogen-bond donors (Lipinski definition) is 2. The molecular formula is C9H21NO2. The van der Waals surface area contributed by atoms with Gasteiger partial charge in [0.2, 0.25) is 0 Å². The van der Waals surface area contributed by atoms with E-state index in [0.717, 1.165) is 25.7 Å². The third-order valence-corrected chi connectivity index (χ3v) is 1.98. The zero-order chi connectivity index (χ0) is 9.40. The Morgan fingerprint density at radius 1 is 1.25 bits per heavy atom. The fourth-order valence-electron chi connectivity index (χ4n) is 1.35. The minimum atomic E-state index is -0.0994. The highest BCUT2D eigenvalue weighted by atomic mass is 16.5. The quantitative estimate of drug-likeness (QED) is 0.621. The molecule has 0 radical (unpaired) electrons. The van der Waals surface area contributed by atoms with Crippen molar-refractivity contribution >= 4 is 0 Å². The molecule has 0 bridgehead atoms. The molecule has 1 saturated carbocycles. The number of aliphatic hydroxyl groups excluding tert-OH is 1. The van der Waals surface area contributed by atoms with Crippen LogP contribution in [0.5, 0.6) is 0 Å². The highest BCUT2D eigenvalue weighted by Crippen LogP contribution is 2.20. The molecule has 0 unspecified atom stereocenters. The molecule has 1 aliphatic rings. The Hall–Kier alpha value is -0.120. The Kier molecular flexibility index (Phi) is 7.45. The van der Waals surface area contributed by atoms with E-state index in [2.05, 4.69) is 0 Å². The molecule has 3 nitrogen and oxygen atoms in total. The van der Waals surface area contributed by atoms with Crippen molar-refractivity contribution in [1.82, 2.24) is 0 Å². The van der Waals surface area contributed by atoms with E-state index in [1.54, 1.807) is 0 Å². The molecule has 12 heavy (non-hydrogen) atoms. The molecule has 0 saturated heterocycles. The zero-order valence-electron chi connectivity index (χ0n) is 8.12. The van der Waals surface area contributed by atoms with Gasteiger partial charge in [-0.3, -0.25) is 0 Å². The molecule has 0 spiro atoms. The average Bonchev–Trinajstić information content (AvgIpc) is 2.13. The van der Waals surface area contributed by atoms with Crippen LogP contribution in [0.15, 0.2) is 0 Å². The van der Waals surface area contributed by atoms with Gasteiger partial charge in [-0.25, -0.2) is 0 Å². The Morgan fingerprint density at radius 2 is 1.75 bits per heavy atom. The van der Waals surface area contributed by atoms with Crippen molar-refractivity contribution in [2.45, 2.75) is 51.7 Å². The van der Waals surface area contributed by atoms with E-state index in [-0.39, 0.29) is 6.10 Å². The molecule has 0 aromatic heterocycles. The van der Waals surface area contributed by atoms with E-state index >= 15 is 0 Å². The van der Waals surface area contributed by atoms with E-state index in [4.69, 9.17) is 15.6 Å². The fraction of sp³-hybridized carbons (Fsp3) is 1.00. The van der Waals surface area contributed by atoms with Crippen LogP contribution in [0.25, 0.3) is 0 Å². The summed E-state index contributed by atoms with van der Waals surface area (Å²) in [6.45, 7) is 4.31. The number of rotatable bonds is 2. The van der Waals surface area contributed by atoms with Crippen LogP contribution in [0, 0.1) is 0 Å². The van der Waals surface area contributed by atoms with E-state index in [1.165, 1.54) is 0 Å². The van der Waals surface area contributed by atoms with Crippen LogP contribution < -0.4 is 5.73 Å². The number of aliphatic hydroxyl groups is 1. The highest BCUT2D eigenvalue weighted by molar-refractivity contribution is 4.71. The highest BCUT2D eigenvalue weighted by Gasteiger charge is 2.18. The summed E-state index contributed by atoms with van der Waals surface area (Å²) in [5.41, 5.74) is 5.21. The summed E-state index contributed by atoms with van der Waals surface area (Å²) in [6, 6.07) is 0. The molecule has 0 aromatic rings.